The van der Waals surface area contributed by atoms with Crippen LogP contribution in [-0.2, 0) is 0 Å². The fraction of sp³-hybridized carbons (Fsp3) is 0.231. The molecule has 0 unspecified atom stereocenters. The summed E-state index contributed by atoms with van der Waals surface area (Å²) in [6.07, 6.45) is 24.8. The Hall–Kier alpha value is -2.44. The summed E-state index contributed by atoms with van der Waals surface area (Å²) in [7, 11) is 0. The molecule has 0 aromatic rings. The second-order valence-corrected chi connectivity index (χ2v) is 9.52. The van der Waals surface area contributed by atoms with E-state index in [1.807, 2.05) is 42.5 Å². The first-order chi connectivity index (χ1) is 15.7. The Labute approximate surface area is 205 Å². The Balaban J connectivity index is 1.61. The van der Waals surface area contributed by atoms with Gasteiger partial charge in [0.2, 0.25) is 0 Å². The zero-order valence-electron chi connectivity index (χ0n) is 17.6. The van der Waals surface area contributed by atoms with E-state index in [1.165, 1.54) is 11.1 Å². The fourth-order valence-electron chi connectivity index (χ4n) is 4.00. The van der Waals surface area contributed by atoms with Crippen molar-refractivity contribution in [1.82, 2.24) is 0 Å². The lowest BCUT2D eigenvalue weighted by molar-refractivity contribution is 0.931. The lowest BCUT2D eigenvalue weighted by Crippen LogP contribution is -1.98. The summed E-state index contributed by atoms with van der Waals surface area (Å²) in [6, 6.07) is 0. The molecule has 5 heterocycles. The molecule has 0 saturated heterocycles. The van der Waals surface area contributed by atoms with Gasteiger partial charge in [-0.05, 0) is 97.6 Å². The summed E-state index contributed by atoms with van der Waals surface area (Å²) in [5.41, 5.74) is 9.99. The van der Waals surface area contributed by atoms with Gasteiger partial charge in [0.25, 0.3) is 0 Å². The molecule has 0 N–H and O–H groups in total. The predicted octanol–water partition coefficient (Wildman–Crippen LogP) is 6.67. The number of alkyl halides is 2. The summed E-state index contributed by atoms with van der Waals surface area (Å²) in [5.74, 6) is 0. The van der Waals surface area contributed by atoms with Crippen molar-refractivity contribution in [3.8, 4) is 0 Å². The molecule has 160 valence electrons. The van der Waals surface area contributed by atoms with E-state index < -0.39 is 0 Å². The van der Waals surface area contributed by atoms with Crippen molar-refractivity contribution in [1.29, 1.82) is 0 Å². The van der Waals surface area contributed by atoms with Crippen LogP contribution in [0.5, 0.6) is 0 Å². The van der Waals surface area contributed by atoms with Crippen LogP contribution in [0.4, 0.5) is 0 Å². The molecule has 0 amide bonds. The molecule has 0 fully saturated rings. The number of hydrogen-bond acceptors (Lipinski definition) is 4. The van der Waals surface area contributed by atoms with Crippen LogP contribution < -0.4 is 0 Å². The van der Waals surface area contributed by atoms with Crippen LogP contribution in [-0.4, -0.2) is 33.5 Å². The molecule has 0 atom stereocenters. The zero-order chi connectivity index (χ0) is 21.9. The number of halogens is 2. The normalized spacial score (nSPS) is 20.7. The predicted molar refractivity (Wildman–Crippen MR) is 143 cm³/mol. The highest BCUT2D eigenvalue weighted by atomic mass is 79.9. The molecule has 32 heavy (non-hydrogen) atoms. The minimum atomic E-state index is 0.900. The zero-order valence-corrected chi connectivity index (χ0v) is 20.7. The Morgan fingerprint density at radius 2 is 1.16 bits per heavy atom. The van der Waals surface area contributed by atoms with Crippen molar-refractivity contribution in [3.05, 3.63) is 94.7 Å². The largest absolute Gasteiger partial charge is 0.249 e. The van der Waals surface area contributed by atoms with E-state index in [-0.39, 0.29) is 0 Å². The van der Waals surface area contributed by atoms with Crippen molar-refractivity contribution >= 4 is 54.7 Å². The minimum Gasteiger partial charge on any atom is -0.249 e. The summed E-state index contributed by atoms with van der Waals surface area (Å²) in [4.78, 5) is 19.3. The van der Waals surface area contributed by atoms with E-state index in [0.717, 1.165) is 82.0 Å². The summed E-state index contributed by atoms with van der Waals surface area (Å²) in [5, 5.41) is 1.94. The number of rotatable bonds is 6. The van der Waals surface area contributed by atoms with E-state index in [2.05, 4.69) is 50.1 Å². The molecule has 5 rings (SSSR count). The van der Waals surface area contributed by atoms with Gasteiger partial charge in [-0.2, -0.15) is 0 Å². The molecule has 0 saturated carbocycles. The van der Waals surface area contributed by atoms with Crippen molar-refractivity contribution in [2.75, 3.05) is 10.7 Å². The molecular formula is C26H22Br2N4. The first-order valence-corrected chi connectivity index (χ1v) is 13.1. The van der Waals surface area contributed by atoms with Crippen LogP contribution in [0.1, 0.15) is 25.7 Å². The molecule has 4 nitrogen and oxygen atoms in total. The van der Waals surface area contributed by atoms with Crippen molar-refractivity contribution in [2.24, 2.45) is 20.0 Å². The van der Waals surface area contributed by atoms with Crippen molar-refractivity contribution in [3.63, 3.8) is 0 Å². The molecule has 8 bridgehead atoms. The van der Waals surface area contributed by atoms with Gasteiger partial charge in [0.1, 0.15) is 0 Å². The van der Waals surface area contributed by atoms with Gasteiger partial charge in [-0.25, -0.2) is 20.0 Å². The molecule has 6 heteroatoms. The smallest absolute Gasteiger partial charge is 0.0691 e. The van der Waals surface area contributed by atoms with Gasteiger partial charge in [-0.3, -0.25) is 0 Å². The quantitative estimate of drug-likeness (QED) is 0.332. The molecule has 0 spiro atoms. The Morgan fingerprint density at radius 1 is 0.531 bits per heavy atom. The molecule has 0 aromatic heterocycles. The molecule has 5 aliphatic heterocycles. The van der Waals surface area contributed by atoms with Gasteiger partial charge in [-0.1, -0.05) is 31.9 Å². The minimum absolute atomic E-state index is 0.900. The van der Waals surface area contributed by atoms with Crippen LogP contribution in [0, 0.1) is 0 Å². The highest BCUT2D eigenvalue weighted by Gasteiger charge is 2.19. The number of nitrogens with zero attached hydrogens (tertiary/aromatic N) is 4. The maximum Gasteiger partial charge on any atom is 0.0691 e. The Morgan fingerprint density at radius 3 is 1.84 bits per heavy atom. The summed E-state index contributed by atoms with van der Waals surface area (Å²) in [6.45, 7) is 0. The first kappa shape index (κ1) is 21.4. The number of allylic oxidation sites excluding steroid dienone is 12. The summed E-state index contributed by atoms with van der Waals surface area (Å²) < 4.78 is 0. The molecular weight excluding hydrogens is 528 g/mol. The monoisotopic (exact) mass is 548 g/mol. The van der Waals surface area contributed by atoms with Gasteiger partial charge in [0.05, 0.1) is 45.6 Å². The third kappa shape index (κ3) is 4.81. The molecule has 0 aliphatic carbocycles. The van der Waals surface area contributed by atoms with E-state index in [4.69, 9.17) is 20.0 Å². The Bertz CT molecular complexity index is 1220. The second kappa shape index (κ2) is 9.59. The van der Waals surface area contributed by atoms with Crippen molar-refractivity contribution in [2.45, 2.75) is 25.7 Å². The van der Waals surface area contributed by atoms with E-state index in [1.54, 1.807) is 0 Å². The third-order valence-electron chi connectivity index (χ3n) is 5.49. The van der Waals surface area contributed by atoms with E-state index >= 15 is 0 Å². The lowest BCUT2D eigenvalue weighted by atomic mass is 10.0. The Kier molecular flexibility index (Phi) is 6.42. The number of fused-ring (bicyclic) bond motifs is 4. The number of hydrogen-bond donors (Lipinski definition) is 0. The maximum atomic E-state index is 4.94. The van der Waals surface area contributed by atoms with Crippen LogP contribution in [0.3, 0.4) is 0 Å². The van der Waals surface area contributed by atoms with Crippen LogP contribution in [0.25, 0.3) is 0 Å². The van der Waals surface area contributed by atoms with Crippen molar-refractivity contribution < 1.29 is 0 Å². The summed E-state index contributed by atoms with van der Waals surface area (Å²) >= 11 is 7.12. The third-order valence-corrected chi connectivity index (χ3v) is 6.61. The fourth-order valence-corrected chi connectivity index (χ4v) is 4.56. The average Bonchev–Trinajstić information content (AvgIpc) is 3.55. The maximum absolute atomic E-state index is 4.94. The van der Waals surface area contributed by atoms with Crippen LogP contribution in [0.2, 0.25) is 0 Å². The van der Waals surface area contributed by atoms with Crippen LogP contribution >= 0.6 is 31.9 Å². The van der Waals surface area contributed by atoms with Gasteiger partial charge in [-0.15, -0.1) is 0 Å². The topological polar surface area (TPSA) is 49.4 Å². The van der Waals surface area contributed by atoms with Crippen LogP contribution in [0.15, 0.2) is 115 Å². The SMILES string of the molecule is BrCCCC1=CC2=NC1=CC1=NC(=CC3=NC(=CC4=NC(=C2)C=C4)C=C3)C=C1CCCBr. The lowest BCUT2D eigenvalue weighted by Gasteiger charge is -2.05. The second-order valence-electron chi connectivity index (χ2n) is 7.94. The highest BCUT2D eigenvalue weighted by Crippen LogP contribution is 2.29. The van der Waals surface area contributed by atoms with E-state index in [9.17, 15) is 0 Å². The van der Waals surface area contributed by atoms with Gasteiger partial charge in [0, 0.05) is 10.7 Å². The highest BCUT2D eigenvalue weighted by molar-refractivity contribution is 9.09. The molecule has 0 aromatic carbocycles. The van der Waals surface area contributed by atoms with E-state index in [0.29, 0.717) is 0 Å². The molecule has 0 radical (unpaired) electrons. The van der Waals surface area contributed by atoms with Gasteiger partial charge in [0.15, 0.2) is 0 Å². The number of aliphatic imine (C=N–C) groups is 4. The average molecular weight is 550 g/mol. The van der Waals surface area contributed by atoms with Gasteiger partial charge < -0.3 is 0 Å². The standard InChI is InChI=1S/C26H22Br2N4/c27-9-1-3-17-11-23-14-21-7-5-19(29-21)13-20-6-8-22(30-20)15-24-12-18(4-2-10-28)26(32-24)16-25(17)31-23/h5-8,11-16H,1-4,9-10H2. The van der Waals surface area contributed by atoms with Gasteiger partial charge >= 0.3 is 0 Å². The molecule has 5 aliphatic rings. The first-order valence-electron chi connectivity index (χ1n) is 10.8.